The number of rotatable bonds is 3. The number of piperidine rings is 1. The lowest BCUT2D eigenvalue weighted by atomic mass is 9.93. The molecule has 2 amide bonds. The Balaban J connectivity index is 1.44. The molecule has 168 valence electrons. The number of carbonyl (C=O) groups excluding carboxylic acids is 2. The highest BCUT2D eigenvalue weighted by atomic mass is 127. The maximum absolute atomic E-state index is 13.5. The molecule has 4 rings (SSSR count). The van der Waals surface area contributed by atoms with Crippen molar-refractivity contribution < 1.29 is 9.59 Å². The summed E-state index contributed by atoms with van der Waals surface area (Å²) in [5, 5.41) is 0.720. The van der Waals surface area contributed by atoms with E-state index in [9.17, 15) is 9.59 Å². The SMILES string of the molecule is Cc1ccccc1/C(=C\I)C(=O)N1CCC(C(=O)N2CCCCc3cc(Cl)ccc32)CC1. The van der Waals surface area contributed by atoms with Crippen LogP contribution in [0.15, 0.2) is 46.5 Å². The number of hydrogen-bond donors (Lipinski definition) is 0. The molecule has 0 aromatic heterocycles. The second-order valence-corrected chi connectivity index (χ2v) is 9.68. The summed E-state index contributed by atoms with van der Waals surface area (Å²) >= 11 is 8.35. The molecule has 0 bridgehead atoms. The monoisotopic (exact) mass is 562 g/mol. The molecule has 0 radical (unpaired) electrons. The van der Waals surface area contributed by atoms with Crippen LogP contribution in [0.1, 0.15) is 42.4 Å². The summed E-state index contributed by atoms with van der Waals surface area (Å²) in [6.45, 7) is 3.99. The third-order valence-electron chi connectivity index (χ3n) is 6.58. The van der Waals surface area contributed by atoms with Gasteiger partial charge in [0.15, 0.2) is 0 Å². The van der Waals surface area contributed by atoms with Crippen LogP contribution in [-0.4, -0.2) is 36.3 Å². The van der Waals surface area contributed by atoms with Gasteiger partial charge in [-0.2, -0.15) is 0 Å². The van der Waals surface area contributed by atoms with E-state index in [1.54, 1.807) is 0 Å². The van der Waals surface area contributed by atoms with Crippen molar-refractivity contribution in [3.05, 3.63) is 68.3 Å². The van der Waals surface area contributed by atoms with Gasteiger partial charge in [-0.25, -0.2) is 0 Å². The van der Waals surface area contributed by atoms with Crippen molar-refractivity contribution in [1.29, 1.82) is 0 Å². The molecular formula is C26H28ClIN2O2. The predicted octanol–water partition coefficient (Wildman–Crippen LogP) is 6.03. The summed E-state index contributed by atoms with van der Waals surface area (Å²) in [5.41, 5.74) is 4.96. The van der Waals surface area contributed by atoms with E-state index in [4.69, 9.17) is 11.6 Å². The topological polar surface area (TPSA) is 40.6 Å². The van der Waals surface area contributed by atoms with Crippen molar-refractivity contribution in [2.75, 3.05) is 24.5 Å². The first-order chi connectivity index (χ1) is 15.5. The van der Waals surface area contributed by atoms with E-state index in [-0.39, 0.29) is 17.7 Å². The standard InChI is InChI=1S/C26H28ClIN2O2/c1-18-6-2-3-8-22(18)23(17-28)26(32)29-14-11-19(12-15-29)25(31)30-13-5-4-7-20-16-21(27)9-10-24(20)30/h2-3,6,8-10,16-17,19H,4-5,7,11-15H2,1H3/b23-17+. The van der Waals surface area contributed by atoms with E-state index >= 15 is 0 Å². The molecule has 6 heteroatoms. The van der Waals surface area contributed by atoms with Gasteiger partial charge in [0.05, 0.1) is 5.57 Å². The number of nitrogens with zero attached hydrogens (tertiary/aromatic N) is 2. The molecular weight excluding hydrogens is 535 g/mol. The summed E-state index contributed by atoms with van der Waals surface area (Å²) in [4.78, 5) is 30.6. The quantitative estimate of drug-likeness (QED) is 0.338. The first-order valence-corrected chi connectivity index (χ1v) is 12.9. The largest absolute Gasteiger partial charge is 0.339 e. The van der Waals surface area contributed by atoms with Gasteiger partial charge in [0.2, 0.25) is 5.91 Å². The van der Waals surface area contributed by atoms with E-state index < -0.39 is 0 Å². The number of amides is 2. The fourth-order valence-electron chi connectivity index (χ4n) is 4.77. The van der Waals surface area contributed by atoms with Crippen LogP contribution >= 0.6 is 34.2 Å². The molecule has 0 atom stereocenters. The molecule has 0 aliphatic carbocycles. The minimum Gasteiger partial charge on any atom is -0.339 e. The van der Waals surface area contributed by atoms with Crippen molar-refractivity contribution in [2.45, 2.75) is 39.0 Å². The Morgan fingerprint density at radius 1 is 1.06 bits per heavy atom. The fraction of sp³-hybridized carbons (Fsp3) is 0.385. The lowest BCUT2D eigenvalue weighted by Gasteiger charge is -2.35. The summed E-state index contributed by atoms with van der Waals surface area (Å²) in [5.74, 6) is 0.187. The molecule has 0 N–H and O–H groups in total. The van der Waals surface area contributed by atoms with Crippen LogP contribution < -0.4 is 4.90 Å². The van der Waals surface area contributed by atoms with Crippen molar-refractivity contribution in [3.63, 3.8) is 0 Å². The molecule has 32 heavy (non-hydrogen) atoms. The Labute approximate surface area is 208 Å². The fourth-order valence-corrected chi connectivity index (χ4v) is 5.56. The van der Waals surface area contributed by atoms with Gasteiger partial charge in [0, 0.05) is 36.3 Å². The van der Waals surface area contributed by atoms with Crippen LogP contribution in [0.5, 0.6) is 0 Å². The number of halogens is 2. The van der Waals surface area contributed by atoms with Gasteiger partial charge in [-0.3, -0.25) is 9.59 Å². The number of hydrogen-bond acceptors (Lipinski definition) is 2. The van der Waals surface area contributed by atoms with Crippen molar-refractivity contribution >= 4 is 57.3 Å². The molecule has 2 heterocycles. The molecule has 0 spiro atoms. The summed E-state index contributed by atoms with van der Waals surface area (Å²) in [7, 11) is 0. The Morgan fingerprint density at radius 2 is 1.81 bits per heavy atom. The van der Waals surface area contributed by atoms with Crippen molar-refractivity contribution in [1.82, 2.24) is 4.90 Å². The summed E-state index contributed by atoms with van der Waals surface area (Å²) in [6.07, 6.45) is 4.42. The molecule has 0 unspecified atom stereocenters. The number of fused-ring (bicyclic) bond motifs is 1. The minimum atomic E-state index is -0.0498. The third kappa shape index (κ3) is 4.88. The van der Waals surface area contributed by atoms with Crippen LogP contribution in [0, 0.1) is 12.8 Å². The molecule has 4 nitrogen and oxygen atoms in total. The summed E-state index contributed by atoms with van der Waals surface area (Å²) in [6, 6.07) is 13.8. The maximum Gasteiger partial charge on any atom is 0.254 e. The highest BCUT2D eigenvalue weighted by Crippen LogP contribution is 2.32. The number of anilines is 1. The molecule has 2 aromatic rings. The van der Waals surface area contributed by atoms with Crippen LogP contribution in [0.25, 0.3) is 5.57 Å². The highest BCUT2D eigenvalue weighted by molar-refractivity contribution is 14.1. The number of likely N-dealkylation sites (tertiary alicyclic amines) is 1. The third-order valence-corrected chi connectivity index (χ3v) is 7.44. The van der Waals surface area contributed by atoms with Crippen molar-refractivity contribution in [3.8, 4) is 0 Å². The van der Waals surface area contributed by atoms with Gasteiger partial charge in [0.1, 0.15) is 0 Å². The van der Waals surface area contributed by atoms with Gasteiger partial charge in [-0.1, -0.05) is 58.5 Å². The first-order valence-electron chi connectivity index (χ1n) is 11.2. The average molecular weight is 563 g/mol. The molecule has 1 fully saturated rings. The van der Waals surface area contributed by atoms with Crippen LogP contribution in [0.4, 0.5) is 5.69 Å². The molecule has 1 saturated heterocycles. The Kier molecular flexibility index (Phi) is 7.56. The van der Waals surface area contributed by atoms with Gasteiger partial charge >= 0.3 is 0 Å². The number of benzene rings is 2. The van der Waals surface area contributed by atoms with Gasteiger partial charge in [-0.15, -0.1) is 0 Å². The molecule has 2 aliphatic heterocycles. The predicted molar refractivity (Wildman–Crippen MR) is 139 cm³/mol. The van der Waals surface area contributed by atoms with Gasteiger partial charge in [-0.05, 0) is 78.0 Å². The first kappa shape index (κ1) is 23.3. The van der Waals surface area contributed by atoms with Gasteiger partial charge in [0.25, 0.3) is 5.91 Å². The van der Waals surface area contributed by atoms with Crippen molar-refractivity contribution in [2.24, 2.45) is 5.92 Å². The summed E-state index contributed by atoms with van der Waals surface area (Å²) < 4.78 is 1.87. The molecule has 0 saturated carbocycles. The Bertz CT molecular complexity index is 1040. The minimum absolute atomic E-state index is 0.0498. The highest BCUT2D eigenvalue weighted by Gasteiger charge is 2.33. The van der Waals surface area contributed by atoms with E-state index in [0.29, 0.717) is 25.9 Å². The Hall–Kier alpha value is -1.86. The second kappa shape index (κ2) is 10.4. The van der Waals surface area contributed by atoms with Crippen LogP contribution in [-0.2, 0) is 16.0 Å². The van der Waals surface area contributed by atoms with E-state index in [1.807, 2.05) is 63.3 Å². The molecule has 2 aromatic carbocycles. The number of aryl methyl sites for hydroxylation is 2. The van der Waals surface area contributed by atoms with Crippen LogP contribution in [0.3, 0.4) is 0 Å². The smallest absolute Gasteiger partial charge is 0.254 e. The van der Waals surface area contributed by atoms with E-state index in [2.05, 4.69) is 22.6 Å². The zero-order valence-electron chi connectivity index (χ0n) is 18.3. The lowest BCUT2D eigenvalue weighted by Crippen LogP contribution is -2.45. The lowest BCUT2D eigenvalue weighted by molar-refractivity contribution is -0.130. The zero-order chi connectivity index (χ0) is 22.7. The number of carbonyl (C=O) groups is 2. The maximum atomic E-state index is 13.5. The normalized spacial score (nSPS) is 17.7. The van der Waals surface area contributed by atoms with E-state index in [1.165, 1.54) is 0 Å². The van der Waals surface area contributed by atoms with E-state index in [0.717, 1.165) is 58.8 Å². The van der Waals surface area contributed by atoms with Gasteiger partial charge < -0.3 is 9.80 Å². The zero-order valence-corrected chi connectivity index (χ0v) is 21.2. The average Bonchev–Trinajstić information content (AvgIpc) is 3.02. The Morgan fingerprint density at radius 3 is 2.53 bits per heavy atom. The second-order valence-electron chi connectivity index (χ2n) is 8.62. The van der Waals surface area contributed by atoms with Crippen LogP contribution in [0.2, 0.25) is 5.02 Å². The molecule has 2 aliphatic rings.